The van der Waals surface area contributed by atoms with E-state index in [4.69, 9.17) is 5.41 Å². The smallest absolute Gasteiger partial charge is 0.325 e. The quantitative estimate of drug-likeness (QED) is 0.767. The molecule has 0 aliphatic heterocycles. The van der Waals surface area contributed by atoms with Crippen LogP contribution in [0.15, 0.2) is 0 Å². The third-order valence-corrected chi connectivity index (χ3v) is 3.79. The molecular formula is C10H14N2O2S. The van der Waals surface area contributed by atoms with E-state index in [2.05, 4.69) is 4.74 Å². The number of thiazole rings is 1. The molecule has 0 saturated heterocycles. The molecule has 5 heteroatoms. The highest BCUT2D eigenvalue weighted by Crippen LogP contribution is 2.23. The van der Waals surface area contributed by atoms with Gasteiger partial charge in [0.1, 0.15) is 6.54 Å². The maximum Gasteiger partial charge on any atom is 0.325 e. The monoisotopic (exact) mass is 226 g/mol. The lowest BCUT2D eigenvalue weighted by Crippen LogP contribution is -2.23. The van der Waals surface area contributed by atoms with Crippen LogP contribution in [0.5, 0.6) is 0 Å². The molecule has 1 aromatic rings. The average Bonchev–Trinajstić information content (AvgIpc) is 2.55. The molecule has 1 aliphatic carbocycles. The second-order valence-corrected chi connectivity index (χ2v) is 4.73. The van der Waals surface area contributed by atoms with Crippen LogP contribution < -0.4 is 4.80 Å². The summed E-state index contributed by atoms with van der Waals surface area (Å²) < 4.78 is 6.41. The zero-order valence-corrected chi connectivity index (χ0v) is 9.52. The number of carbonyl (C=O) groups excluding carboxylic acids is 1. The van der Waals surface area contributed by atoms with Crippen molar-refractivity contribution in [2.24, 2.45) is 0 Å². The summed E-state index contributed by atoms with van der Waals surface area (Å²) in [5.41, 5.74) is 1.17. The van der Waals surface area contributed by atoms with Crippen LogP contribution >= 0.6 is 11.3 Å². The van der Waals surface area contributed by atoms with E-state index in [9.17, 15) is 4.79 Å². The van der Waals surface area contributed by atoms with E-state index in [0.717, 1.165) is 19.3 Å². The maximum absolute atomic E-state index is 11.2. The number of esters is 1. The number of aromatic nitrogens is 1. The van der Waals surface area contributed by atoms with Gasteiger partial charge in [0.15, 0.2) is 4.80 Å². The van der Waals surface area contributed by atoms with E-state index in [0.29, 0.717) is 4.80 Å². The molecule has 82 valence electrons. The number of carbonyl (C=O) groups is 1. The van der Waals surface area contributed by atoms with Gasteiger partial charge in [-0.15, -0.1) is 11.3 Å². The van der Waals surface area contributed by atoms with Crippen molar-refractivity contribution in [3.05, 3.63) is 15.4 Å². The van der Waals surface area contributed by atoms with Crippen molar-refractivity contribution in [1.29, 1.82) is 5.41 Å². The van der Waals surface area contributed by atoms with E-state index in [1.54, 1.807) is 4.57 Å². The van der Waals surface area contributed by atoms with Gasteiger partial charge >= 0.3 is 5.97 Å². The molecule has 1 aliphatic rings. The Labute approximate surface area is 92.0 Å². The van der Waals surface area contributed by atoms with E-state index in [1.165, 1.54) is 35.4 Å². The summed E-state index contributed by atoms with van der Waals surface area (Å²) in [5.74, 6) is -0.278. The number of nitrogens with one attached hydrogen (secondary N) is 1. The molecule has 0 radical (unpaired) electrons. The Morgan fingerprint density at radius 2 is 2.27 bits per heavy atom. The molecule has 1 N–H and O–H groups in total. The number of rotatable bonds is 2. The van der Waals surface area contributed by atoms with E-state index in [-0.39, 0.29) is 12.5 Å². The summed E-state index contributed by atoms with van der Waals surface area (Å²) in [6, 6.07) is 0. The van der Waals surface area contributed by atoms with Gasteiger partial charge in [0.25, 0.3) is 0 Å². The van der Waals surface area contributed by atoms with Gasteiger partial charge in [-0.2, -0.15) is 0 Å². The lowest BCUT2D eigenvalue weighted by molar-refractivity contribution is -0.141. The summed E-state index contributed by atoms with van der Waals surface area (Å²) >= 11 is 1.49. The van der Waals surface area contributed by atoms with Crippen LogP contribution in [0.3, 0.4) is 0 Å². The van der Waals surface area contributed by atoms with Crippen LogP contribution in [0.1, 0.15) is 23.4 Å². The Morgan fingerprint density at radius 3 is 3.00 bits per heavy atom. The van der Waals surface area contributed by atoms with Crippen LogP contribution in [0.25, 0.3) is 0 Å². The van der Waals surface area contributed by atoms with Crippen LogP contribution in [0.2, 0.25) is 0 Å². The average molecular weight is 226 g/mol. The van der Waals surface area contributed by atoms with E-state index >= 15 is 0 Å². The second-order valence-electron chi connectivity index (χ2n) is 3.65. The van der Waals surface area contributed by atoms with Crippen molar-refractivity contribution in [2.75, 3.05) is 7.11 Å². The number of hydrogen-bond acceptors (Lipinski definition) is 4. The van der Waals surface area contributed by atoms with E-state index in [1.807, 2.05) is 0 Å². The Morgan fingerprint density at radius 1 is 1.53 bits per heavy atom. The molecule has 0 unspecified atom stereocenters. The molecule has 1 heterocycles. The first-order chi connectivity index (χ1) is 7.22. The molecule has 0 saturated carbocycles. The highest BCUT2D eigenvalue weighted by atomic mass is 32.1. The summed E-state index contributed by atoms with van der Waals surface area (Å²) in [6.45, 7) is 0.182. The molecule has 0 bridgehead atoms. The SMILES string of the molecule is COC(=O)Cn1c2c(sc1=N)CCCC2. The summed E-state index contributed by atoms with van der Waals surface area (Å²) in [6.07, 6.45) is 4.40. The molecule has 2 rings (SSSR count). The first-order valence-corrected chi connectivity index (χ1v) is 5.87. The summed E-state index contributed by atoms with van der Waals surface area (Å²) in [4.78, 5) is 12.9. The minimum Gasteiger partial charge on any atom is -0.468 e. The number of fused-ring (bicyclic) bond motifs is 1. The molecule has 15 heavy (non-hydrogen) atoms. The molecular weight excluding hydrogens is 212 g/mol. The zero-order chi connectivity index (χ0) is 10.8. The standard InChI is InChI=1S/C10H14N2O2S/c1-14-9(13)6-12-7-4-2-3-5-8(7)15-10(12)11/h11H,2-6H2,1H3. The van der Waals surface area contributed by atoms with Gasteiger partial charge in [-0.1, -0.05) is 0 Å². The van der Waals surface area contributed by atoms with Gasteiger partial charge in [0.2, 0.25) is 0 Å². The Balaban J connectivity index is 2.33. The molecule has 0 fully saturated rings. The van der Waals surface area contributed by atoms with Crippen molar-refractivity contribution in [2.45, 2.75) is 32.2 Å². The number of hydrogen-bond donors (Lipinski definition) is 1. The fraction of sp³-hybridized carbons (Fsp3) is 0.600. The fourth-order valence-corrected chi connectivity index (χ4v) is 3.01. The third-order valence-electron chi connectivity index (χ3n) is 2.70. The maximum atomic E-state index is 11.2. The second kappa shape index (κ2) is 4.18. The number of methoxy groups -OCH3 is 1. The lowest BCUT2D eigenvalue weighted by atomic mass is 10.0. The first-order valence-electron chi connectivity index (χ1n) is 5.05. The topological polar surface area (TPSA) is 55.1 Å². The van der Waals surface area contributed by atoms with Gasteiger partial charge in [-0.05, 0) is 25.7 Å². The number of aryl methyl sites for hydroxylation is 1. The van der Waals surface area contributed by atoms with E-state index < -0.39 is 0 Å². The minimum absolute atomic E-state index is 0.182. The zero-order valence-electron chi connectivity index (χ0n) is 8.71. The van der Waals surface area contributed by atoms with Crippen molar-refractivity contribution in [3.8, 4) is 0 Å². The Hall–Kier alpha value is -1.10. The molecule has 0 atom stereocenters. The Kier molecular flexibility index (Phi) is 2.90. The minimum atomic E-state index is -0.278. The summed E-state index contributed by atoms with van der Waals surface area (Å²) in [5, 5.41) is 7.81. The number of nitrogens with zero attached hydrogens (tertiary/aromatic N) is 1. The predicted molar refractivity (Wildman–Crippen MR) is 56.8 cm³/mol. The summed E-state index contributed by atoms with van der Waals surface area (Å²) in [7, 11) is 1.38. The normalized spacial score (nSPS) is 14.7. The van der Waals surface area contributed by atoms with Gasteiger partial charge in [0.05, 0.1) is 7.11 Å². The largest absolute Gasteiger partial charge is 0.468 e. The van der Waals surface area contributed by atoms with Crippen LogP contribution in [-0.4, -0.2) is 17.6 Å². The highest BCUT2D eigenvalue weighted by molar-refractivity contribution is 7.09. The molecule has 0 aromatic carbocycles. The molecule has 0 amide bonds. The van der Waals surface area contributed by atoms with Crippen LogP contribution in [0, 0.1) is 5.41 Å². The van der Waals surface area contributed by atoms with Crippen molar-refractivity contribution < 1.29 is 9.53 Å². The molecule has 4 nitrogen and oxygen atoms in total. The third kappa shape index (κ3) is 1.97. The van der Waals surface area contributed by atoms with Crippen LogP contribution in [0.4, 0.5) is 0 Å². The predicted octanol–water partition coefficient (Wildman–Crippen LogP) is 1.08. The van der Waals surface area contributed by atoms with Gasteiger partial charge in [-0.25, -0.2) is 0 Å². The fourth-order valence-electron chi connectivity index (χ4n) is 1.91. The molecule has 0 spiro atoms. The first kappa shape index (κ1) is 10.4. The lowest BCUT2D eigenvalue weighted by Gasteiger charge is -2.13. The number of ether oxygens (including phenoxy) is 1. The highest BCUT2D eigenvalue weighted by Gasteiger charge is 2.18. The Bertz CT molecular complexity index is 433. The van der Waals surface area contributed by atoms with Gasteiger partial charge in [0, 0.05) is 10.6 Å². The molecule has 1 aromatic heterocycles. The van der Waals surface area contributed by atoms with Crippen LogP contribution in [-0.2, 0) is 28.9 Å². The van der Waals surface area contributed by atoms with Crippen molar-refractivity contribution in [1.82, 2.24) is 4.57 Å². The van der Waals surface area contributed by atoms with Crippen molar-refractivity contribution in [3.63, 3.8) is 0 Å². The van der Waals surface area contributed by atoms with Gasteiger partial charge in [-0.3, -0.25) is 10.2 Å². The van der Waals surface area contributed by atoms with Gasteiger partial charge < -0.3 is 9.30 Å². The van der Waals surface area contributed by atoms with Crippen molar-refractivity contribution >= 4 is 17.3 Å².